The van der Waals surface area contributed by atoms with Crippen LogP contribution in [0.4, 0.5) is 0 Å². The van der Waals surface area contributed by atoms with Gasteiger partial charge in [-0.2, -0.15) is 0 Å². The number of phenolic OH excluding ortho intramolecular Hbond substituents is 2. The van der Waals surface area contributed by atoms with E-state index in [0.29, 0.717) is 18.6 Å². The van der Waals surface area contributed by atoms with Gasteiger partial charge in [0.05, 0.1) is 5.54 Å². The Balaban J connectivity index is 1.81. The molecule has 2 aromatic rings. The van der Waals surface area contributed by atoms with Crippen LogP contribution in [0, 0.1) is 0 Å². The number of amidine groups is 1. The fraction of sp³-hybridized carbons (Fsp3) is 0.348. The SMILES string of the molecule is C=CCSC1=NC(C)(C)CC2(CC(c3ccccc3)c3ccc(O)c(O)c3O2)N1. The fourth-order valence-electron chi connectivity index (χ4n) is 4.29. The number of fused-ring (bicyclic) bond motifs is 1. The zero-order valence-electron chi connectivity index (χ0n) is 16.7. The highest BCUT2D eigenvalue weighted by molar-refractivity contribution is 8.13. The third-order valence-corrected chi connectivity index (χ3v) is 6.21. The van der Waals surface area contributed by atoms with E-state index in [-0.39, 0.29) is 23.0 Å². The van der Waals surface area contributed by atoms with Crippen molar-refractivity contribution in [1.29, 1.82) is 0 Å². The molecule has 0 aliphatic carbocycles. The number of ether oxygens (including phenoxy) is 1. The number of benzene rings is 2. The highest BCUT2D eigenvalue weighted by Crippen LogP contribution is 2.52. The van der Waals surface area contributed by atoms with Crippen molar-refractivity contribution in [3.63, 3.8) is 0 Å². The highest BCUT2D eigenvalue weighted by atomic mass is 32.2. The molecule has 2 atom stereocenters. The molecular formula is C23H26N2O3S. The monoisotopic (exact) mass is 410 g/mol. The standard InChI is InChI=1S/C23H26N2O3S/c1-4-12-29-21-24-22(2,3)14-23(25-21)13-17(15-8-6-5-7-9-15)16-10-11-18(26)19(27)20(16)28-23/h4-11,17,26-27H,1,12-14H2,2-3H3,(H,24,25). The Morgan fingerprint density at radius 2 is 2.00 bits per heavy atom. The molecule has 152 valence electrons. The van der Waals surface area contributed by atoms with Crippen LogP contribution in [-0.4, -0.2) is 32.4 Å². The van der Waals surface area contributed by atoms with Gasteiger partial charge >= 0.3 is 0 Å². The van der Waals surface area contributed by atoms with Crippen LogP contribution in [0.1, 0.15) is 43.7 Å². The van der Waals surface area contributed by atoms with Crippen LogP contribution in [0.2, 0.25) is 0 Å². The van der Waals surface area contributed by atoms with Crippen LogP contribution < -0.4 is 10.1 Å². The van der Waals surface area contributed by atoms with Crippen LogP contribution in [0.25, 0.3) is 0 Å². The summed E-state index contributed by atoms with van der Waals surface area (Å²) in [7, 11) is 0. The molecule has 6 heteroatoms. The maximum atomic E-state index is 10.6. The van der Waals surface area contributed by atoms with Crippen LogP contribution in [0.3, 0.4) is 0 Å². The summed E-state index contributed by atoms with van der Waals surface area (Å²) in [5.74, 6) is 0.687. The van der Waals surface area contributed by atoms with E-state index in [2.05, 4.69) is 37.9 Å². The first-order valence-electron chi connectivity index (χ1n) is 9.73. The maximum Gasteiger partial charge on any atom is 0.200 e. The molecule has 3 N–H and O–H groups in total. The molecule has 0 saturated carbocycles. The number of aromatic hydroxyl groups is 2. The smallest absolute Gasteiger partial charge is 0.200 e. The van der Waals surface area contributed by atoms with E-state index in [0.717, 1.165) is 22.0 Å². The maximum absolute atomic E-state index is 10.6. The Kier molecular flexibility index (Phi) is 4.99. The first-order valence-corrected chi connectivity index (χ1v) is 10.7. The largest absolute Gasteiger partial charge is 0.504 e. The number of aliphatic imine (C=N–C) groups is 1. The Morgan fingerprint density at radius 3 is 2.72 bits per heavy atom. The molecule has 5 nitrogen and oxygen atoms in total. The lowest BCUT2D eigenvalue weighted by Crippen LogP contribution is -2.61. The van der Waals surface area contributed by atoms with Crippen molar-refractivity contribution in [3.05, 3.63) is 66.2 Å². The molecule has 4 rings (SSSR count). The molecule has 0 radical (unpaired) electrons. The Morgan fingerprint density at radius 1 is 1.24 bits per heavy atom. The van der Waals surface area contributed by atoms with Crippen molar-refractivity contribution in [2.45, 2.75) is 43.9 Å². The van der Waals surface area contributed by atoms with Crippen LogP contribution in [0.15, 0.2) is 60.1 Å². The molecule has 0 saturated heterocycles. The van der Waals surface area contributed by atoms with Gasteiger partial charge in [0.1, 0.15) is 0 Å². The van der Waals surface area contributed by atoms with Crippen LogP contribution >= 0.6 is 11.8 Å². The molecule has 2 aliphatic rings. The lowest BCUT2D eigenvalue weighted by molar-refractivity contribution is -0.00651. The quantitative estimate of drug-likeness (QED) is 0.503. The first-order chi connectivity index (χ1) is 13.8. The number of nitrogens with zero attached hydrogens (tertiary/aromatic N) is 1. The van der Waals surface area contributed by atoms with Crippen molar-refractivity contribution in [1.82, 2.24) is 5.32 Å². The van der Waals surface area contributed by atoms with Gasteiger partial charge in [-0.25, -0.2) is 0 Å². The second kappa shape index (κ2) is 7.34. The normalized spacial score (nSPS) is 24.8. The van der Waals surface area contributed by atoms with Gasteiger partial charge in [-0.1, -0.05) is 54.2 Å². The van der Waals surface area contributed by atoms with Crippen LogP contribution in [-0.2, 0) is 0 Å². The van der Waals surface area contributed by atoms with Gasteiger partial charge in [-0.15, -0.1) is 6.58 Å². The lowest BCUT2D eigenvalue weighted by Gasteiger charge is -2.48. The van der Waals surface area contributed by atoms with E-state index in [4.69, 9.17) is 9.73 Å². The summed E-state index contributed by atoms with van der Waals surface area (Å²) < 4.78 is 6.43. The predicted molar refractivity (Wildman–Crippen MR) is 118 cm³/mol. The van der Waals surface area contributed by atoms with Crippen LogP contribution in [0.5, 0.6) is 17.2 Å². The van der Waals surface area contributed by atoms with Crippen molar-refractivity contribution in [2.24, 2.45) is 4.99 Å². The summed E-state index contributed by atoms with van der Waals surface area (Å²) in [6.45, 7) is 7.96. The second-order valence-electron chi connectivity index (χ2n) is 8.25. The van der Waals surface area contributed by atoms with Gasteiger partial charge in [-0.05, 0) is 25.5 Å². The Labute approximate surface area is 175 Å². The number of phenols is 2. The summed E-state index contributed by atoms with van der Waals surface area (Å²) in [5, 5.41) is 25.0. The Bertz CT molecular complexity index is 958. The van der Waals surface area contributed by atoms with Crippen molar-refractivity contribution in [3.8, 4) is 17.2 Å². The third-order valence-electron chi connectivity index (χ3n) is 5.34. The van der Waals surface area contributed by atoms with E-state index < -0.39 is 5.72 Å². The highest BCUT2D eigenvalue weighted by Gasteiger charge is 2.49. The Hall–Kier alpha value is -2.60. The zero-order chi connectivity index (χ0) is 20.6. The van der Waals surface area contributed by atoms with E-state index >= 15 is 0 Å². The van der Waals surface area contributed by atoms with Gasteiger partial charge in [0.2, 0.25) is 5.75 Å². The van der Waals surface area contributed by atoms with Crippen molar-refractivity contribution in [2.75, 3.05) is 5.75 Å². The molecule has 0 amide bonds. The summed E-state index contributed by atoms with van der Waals surface area (Å²) in [5.41, 5.74) is 0.941. The average molecular weight is 411 g/mol. The molecule has 29 heavy (non-hydrogen) atoms. The fourth-order valence-corrected chi connectivity index (χ4v) is 5.13. The topological polar surface area (TPSA) is 74.1 Å². The van der Waals surface area contributed by atoms with Gasteiger partial charge in [0.25, 0.3) is 0 Å². The van der Waals surface area contributed by atoms with E-state index in [1.54, 1.807) is 11.8 Å². The van der Waals surface area contributed by atoms with Crippen molar-refractivity contribution < 1.29 is 14.9 Å². The molecular weight excluding hydrogens is 384 g/mol. The number of thioether (sulfide) groups is 1. The third kappa shape index (κ3) is 3.81. The minimum Gasteiger partial charge on any atom is -0.504 e. The van der Waals surface area contributed by atoms with E-state index in [1.165, 1.54) is 6.07 Å². The minimum absolute atomic E-state index is 0.0125. The molecule has 2 aromatic carbocycles. The minimum atomic E-state index is -0.743. The summed E-state index contributed by atoms with van der Waals surface area (Å²) >= 11 is 1.58. The first kappa shape index (κ1) is 19.7. The molecule has 2 aliphatic heterocycles. The van der Waals surface area contributed by atoms with Gasteiger partial charge in [0.15, 0.2) is 22.4 Å². The van der Waals surface area contributed by atoms with E-state index in [1.807, 2.05) is 30.3 Å². The summed E-state index contributed by atoms with van der Waals surface area (Å²) in [4.78, 5) is 4.82. The molecule has 0 fully saturated rings. The molecule has 2 unspecified atom stereocenters. The van der Waals surface area contributed by atoms with Gasteiger partial charge in [0, 0.05) is 30.1 Å². The predicted octanol–water partition coefficient (Wildman–Crippen LogP) is 4.76. The molecule has 0 aromatic heterocycles. The summed E-state index contributed by atoms with van der Waals surface area (Å²) in [6.07, 6.45) is 3.16. The average Bonchev–Trinajstić information content (AvgIpc) is 2.68. The number of hydrogen-bond donors (Lipinski definition) is 3. The van der Waals surface area contributed by atoms with Crippen molar-refractivity contribution >= 4 is 16.9 Å². The van der Waals surface area contributed by atoms with Gasteiger partial charge < -0.3 is 20.3 Å². The molecule has 2 heterocycles. The number of nitrogens with one attached hydrogen (secondary N) is 1. The zero-order valence-corrected chi connectivity index (χ0v) is 17.5. The van der Waals surface area contributed by atoms with Gasteiger partial charge in [-0.3, -0.25) is 4.99 Å². The molecule has 0 bridgehead atoms. The number of rotatable bonds is 3. The summed E-state index contributed by atoms with van der Waals surface area (Å²) in [6, 6.07) is 13.6. The second-order valence-corrected chi connectivity index (χ2v) is 9.25. The number of hydrogen-bond acceptors (Lipinski definition) is 6. The molecule has 1 spiro atoms. The van der Waals surface area contributed by atoms with E-state index in [9.17, 15) is 10.2 Å². The lowest BCUT2D eigenvalue weighted by atomic mass is 9.77.